The average Bonchev–Trinajstić information content (AvgIpc) is 2.36. The molecule has 110 valence electrons. The summed E-state index contributed by atoms with van der Waals surface area (Å²) in [6, 6.07) is 5.48. The van der Waals surface area contributed by atoms with Gasteiger partial charge in [0.05, 0.1) is 13.7 Å². The number of hydrogen-bond donors (Lipinski definition) is 2. The molecule has 1 aromatic carbocycles. The second-order valence-electron chi connectivity index (χ2n) is 4.73. The van der Waals surface area contributed by atoms with E-state index in [1.165, 1.54) is 0 Å². The Hall–Kier alpha value is -0.970. The van der Waals surface area contributed by atoms with E-state index < -0.39 is 0 Å². The first-order valence-corrected chi connectivity index (χ1v) is 6.25. The number of nitrogens with two attached hydrogens (primary N) is 1. The van der Waals surface area contributed by atoms with E-state index in [0.29, 0.717) is 24.7 Å². The lowest BCUT2D eigenvalue weighted by molar-refractivity contribution is 0.256. The van der Waals surface area contributed by atoms with Crippen molar-refractivity contribution in [3.8, 4) is 11.5 Å². The molecular weight excluding hydrogens is 266 g/mol. The van der Waals surface area contributed by atoms with Crippen molar-refractivity contribution in [1.29, 1.82) is 0 Å². The minimum absolute atomic E-state index is 0. The molecule has 0 bridgehead atoms. The van der Waals surface area contributed by atoms with E-state index in [2.05, 4.69) is 13.8 Å². The van der Waals surface area contributed by atoms with Crippen LogP contribution in [-0.2, 0) is 0 Å². The summed E-state index contributed by atoms with van der Waals surface area (Å²) < 4.78 is 11.0. The molecule has 0 saturated carbocycles. The van der Waals surface area contributed by atoms with Crippen molar-refractivity contribution in [3.05, 3.63) is 23.8 Å². The number of ether oxygens (including phenoxy) is 2. The van der Waals surface area contributed by atoms with Gasteiger partial charge in [-0.15, -0.1) is 12.4 Å². The third kappa shape index (κ3) is 5.68. The summed E-state index contributed by atoms with van der Waals surface area (Å²) in [5, 5.41) is 8.89. The fourth-order valence-electron chi connectivity index (χ4n) is 1.60. The van der Waals surface area contributed by atoms with Crippen LogP contribution >= 0.6 is 12.4 Å². The first-order chi connectivity index (χ1) is 8.58. The zero-order valence-corrected chi connectivity index (χ0v) is 12.6. The molecule has 0 aliphatic heterocycles. The lowest BCUT2D eigenvalue weighted by atomic mass is 10.0. The highest BCUT2D eigenvalue weighted by Gasteiger charge is 2.11. The molecule has 0 aliphatic carbocycles. The molecule has 1 aromatic rings. The van der Waals surface area contributed by atoms with Crippen molar-refractivity contribution in [2.24, 2.45) is 11.7 Å². The maximum atomic E-state index is 8.89. The summed E-state index contributed by atoms with van der Waals surface area (Å²) in [6.07, 6.45) is 0.537. The SMILES string of the molecule is COc1cc(C(N)CCO)ccc1OCC(C)C.Cl. The average molecular weight is 290 g/mol. The molecule has 0 amide bonds. The van der Waals surface area contributed by atoms with Gasteiger partial charge in [-0.05, 0) is 30.0 Å². The predicted octanol–water partition coefficient (Wildman–Crippen LogP) is 2.53. The fraction of sp³-hybridized carbons (Fsp3) is 0.571. The van der Waals surface area contributed by atoms with Crippen LogP contribution in [0.2, 0.25) is 0 Å². The van der Waals surface area contributed by atoms with Gasteiger partial charge < -0.3 is 20.3 Å². The Morgan fingerprint density at radius 1 is 1.26 bits per heavy atom. The summed E-state index contributed by atoms with van der Waals surface area (Å²) in [5.41, 5.74) is 6.89. The minimum Gasteiger partial charge on any atom is -0.493 e. The van der Waals surface area contributed by atoms with Crippen molar-refractivity contribution in [3.63, 3.8) is 0 Å². The summed E-state index contributed by atoms with van der Waals surface area (Å²) in [7, 11) is 1.61. The smallest absolute Gasteiger partial charge is 0.161 e. The number of benzene rings is 1. The van der Waals surface area contributed by atoms with Crippen molar-refractivity contribution in [2.45, 2.75) is 26.3 Å². The first-order valence-electron chi connectivity index (χ1n) is 6.25. The van der Waals surface area contributed by atoms with Crippen molar-refractivity contribution >= 4 is 12.4 Å². The van der Waals surface area contributed by atoms with Gasteiger partial charge in [-0.25, -0.2) is 0 Å². The highest BCUT2D eigenvalue weighted by Crippen LogP contribution is 2.30. The number of aliphatic hydroxyl groups is 1. The van der Waals surface area contributed by atoms with Gasteiger partial charge in [-0.3, -0.25) is 0 Å². The van der Waals surface area contributed by atoms with Gasteiger partial charge in [0.25, 0.3) is 0 Å². The largest absolute Gasteiger partial charge is 0.493 e. The van der Waals surface area contributed by atoms with Gasteiger partial charge in [0.2, 0.25) is 0 Å². The Kier molecular flexibility index (Phi) is 8.56. The molecule has 0 aromatic heterocycles. The van der Waals surface area contributed by atoms with Crippen LogP contribution in [0.3, 0.4) is 0 Å². The monoisotopic (exact) mass is 289 g/mol. The van der Waals surface area contributed by atoms with Gasteiger partial charge in [0, 0.05) is 12.6 Å². The molecule has 0 saturated heterocycles. The number of rotatable bonds is 7. The molecule has 0 spiro atoms. The van der Waals surface area contributed by atoms with Gasteiger partial charge >= 0.3 is 0 Å². The Morgan fingerprint density at radius 2 is 1.95 bits per heavy atom. The van der Waals surface area contributed by atoms with Gasteiger partial charge in [-0.2, -0.15) is 0 Å². The lowest BCUT2D eigenvalue weighted by Gasteiger charge is -2.16. The Bertz CT molecular complexity index is 372. The summed E-state index contributed by atoms with van der Waals surface area (Å²) in [5.74, 6) is 1.87. The van der Waals surface area contributed by atoms with Gasteiger partial charge in [0.1, 0.15) is 0 Å². The summed E-state index contributed by atoms with van der Waals surface area (Å²) >= 11 is 0. The van der Waals surface area contributed by atoms with E-state index in [4.69, 9.17) is 20.3 Å². The highest BCUT2D eigenvalue weighted by molar-refractivity contribution is 5.85. The van der Waals surface area contributed by atoms with Crippen LogP contribution in [0.4, 0.5) is 0 Å². The Labute approximate surface area is 121 Å². The standard InChI is InChI=1S/C14H23NO3.ClH/c1-10(2)9-18-13-5-4-11(8-14(13)17-3)12(15)6-7-16;/h4-5,8,10,12,16H,6-7,9,15H2,1-3H3;1H. The molecule has 4 nitrogen and oxygen atoms in total. The van der Waals surface area contributed by atoms with Crippen LogP contribution in [0.25, 0.3) is 0 Å². The van der Waals surface area contributed by atoms with Crippen molar-refractivity contribution in [2.75, 3.05) is 20.3 Å². The van der Waals surface area contributed by atoms with Gasteiger partial charge in [-0.1, -0.05) is 19.9 Å². The predicted molar refractivity (Wildman–Crippen MR) is 79.2 cm³/mol. The fourth-order valence-corrected chi connectivity index (χ4v) is 1.60. The van der Waals surface area contributed by atoms with E-state index in [1.54, 1.807) is 7.11 Å². The van der Waals surface area contributed by atoms with Crippen molar-refractivity contribution < 1.29 is 14.6 Å². The zero-order valence-electron chi connectivity index (χ0n) is 11.8. The van der Waals surface area contributed by atoms with Crippen LogP contribution in [0.5, 0.6) is 11.5 Å². The van der Waals surface area contributed by atoms with Crippen LogP contribution in [0, 0.1) is 5.92 Å². The molecule has 0 heterocycles. The second-order valence-corrected chi connectivity index (χ2v) is 4.73. The molecule has 1 unspecified atom stereocenters. The molecule has 0 aliphatic rings. The zero-order chi connectivity index (χ0) is 13.5. The van der Waals surface area contributed by atoms with E-state index in [-0.39, 0.29) is 25.1 Å². The van der Waals surface area contributed by atoms with E-state index in [1.807, 2.05) is 18.2 Å². The Balaban J connectivity index is 0.00000324. The van der Waals surface area contributed by atoms with Crippen LogP contribution in [-0.4, -0.2) is 25.4 Å². The number of methoxy groups -OCH3 is 1. The normalized spacial score (nSPS) is 11.9. The van der Waals surface area contributed by atoms with E-state index in [9.17, 15) is 0 Å². The first kappa shape index (κ1) is 18.0. The molecule has 1 atom stereocenters. The molecule has 19 heavy (non-hydrogen) atoms. The van der Waals surface area contributed by atoms with E-state index >= 15 is 0 Å². The van der Waals surface area contributed by atoms with E-state index in [0.717, 1.165) is 11.3 Å². The molecule has 0 radical (unpaired) electrons. The molecule has 5 heteroatoms. The maximum Gasteiger partial charge on any atom is 0.161 e. The highest BCUT2D eigenvalue weighted by atomic mass is 35.5. The summed E-state index contributed by atoms with van der Waals surface area (Å²) in [6.45, 7) is 4.92. The minimum atomic E-state index is -0.178. The number of aliphatic hydroxyl groups excluding tert-OH is 1. The molecular formula is C14H24ClNO3. The third-order valence-corrected chi connectivity index (χ3v) is 2.63. The summed E-state index contributed by atoms with van der Waals surface area (Å²) in [4.78, 5) is 0. The number of hydrogen-bond acceptors (Lipinski definition) is 4. The number of halogens is 1. The second kappa shape index (κ2) is 9.02. The Morgan fingerprint density at radius 3 is 2.47 bits per heavy atom. The maximum absolute atomic E-state index is 8.89. The molecule has 0 fully saturated rings. The topological polar surface area (TPSA) is 64.7 Å². The molecule has 1 rings (SSSR count). The van der Waals surface area contributed by atoms with Crippen LogP contribution in [0.1, 0.15) is 31.9 Å². The quantitative estimate of drug-likeness (QED) is 0.809. The van der Waals surface area contributed by atoms with Crippen molar-refractivity contribution in [1.82, 2.24) is 0 Å². The third-order valence-electron chi connectivity index (χ3n) is 2.63. The lowest BCUT2D eigenvalue weighted by Crippen LogP contribution is -2.12. The van der Waals surface area contributed by atoms with Gasteiger partial charge in [0.15, 0.2) is 11.5 Å². The molecule has 3 N–H and O–H groups in total. The van der Waals surface area contributed by atoms with Crippen LogP contribution in [0.15, 0.2) is 18.2 Å². The van der Waals surface area contributed by atoms with Crippen LogP contribution < -0.4 is 15.2 Å².